The van der Waals surface area contributed by atoms with Crippen molar-refractivity contribution in [3.8, 4) is 17.3 Å². The lowest BCUT2D eigenvalue weighted by Crippen LogP contribution is -2.13. The molecule has 4 heterocycles. The van der Waals surface area contributed by atoms with Crippen LogP contribution in [0.4, 0.5) is 5.69 Å². The van der Waals surface area contributed by atoms with Crippen molar-refractivity contribution in [2.24, 2.45) is 0 Å². The molecule has 0 atom stereocenters. The number of aromatic nitrogens is 6. The van der Waals surface area contributed by atoms with Gasteiger partial charge in [0.1, 0.15) is 11.5 Å². The maximum absolute atomic E-state index is 12.8. The molecule has 10 heteroatoms. The van der Waals surface area contributed by atoms with Crippen molar-refractivity contribution < 1.29 is 14.3 Å². The Labute approximate surface area is 194 Å². The van der Waals surface area contributed by atoms with Gasteiger partial charge in [-0.1, -0.05) is 0 Å². The second kappa shape index (κ2) is 9.02. The van der Waals surface area contributed by atoms with Crippen LogP contribution in [0.5, 0.6) is 11.5 Å². The van der Waals surface area contributed by atoms with Crippen molar-refractivity contribution in [2.75, 3.05) is 19.5 Å². The highest BCUT2D eigenvalue weighted by Gasteiger charge is 2.13. The Morgan fingerprint density at radius 3 is 2.65 bits per heavy atom. The average molecular weight is 455 g/mol. The van der Waals surface area contributed by atoms with Crippen LogP contribution in [0.15, 0.2) is 73.4 Å². The van der Waals surface area contributed by atoms with Gasteiger partial charge < -0.3 is 14.8 Å². The van der Waals surface area contributed by atoms with Crippen LogP contribution in [-0.4, -0.2) is 49.7 Å². The minimum atomic E-state index is -0.285. The van der Waals surface area contributed by atoms with Crippen molar-refractivity contribution in [1.82, 2.24) is 29.5 Å². The summed E-state index contributed by atoms with van der Waals surface area (Å²) in [6, 6.07) is 12.8. The third kappa shape index (κ3) is 4.16. The summed E-state index contributed by atoms with van der Waals surface area (Å²) < 4.78 is 14.1. The number of amides is 1. The van der Waals surface area contributed by atoms with Gasteiger partial charge in [0.05, 0.1) is 44.4 Å². The number of nitrogens with zero attached hydrogens (tertiary/aromatic N) is 6. The minimum absolute atomic E-state index is 0.285. The second-order valence-corrected chi connectivity index (χ2v) is 7.43. The van der Waals surface area contributed by atoms with Gasteiger partial charge in [0.15, 0.2) is 11.5 Å². The molecule has 5 rings (SSSR count). The maximum atomic E-state index is 12.8. The highest BCUT2D eigenvalue weighted by molar-refractivity contribution is 6.05. The number of hydrogen-bond acceptors (Lipinski definition) is 7. The van der Waals surface area contributed by atoms with Gasteiger partial charge in [0.2, 0.25) is 0 Å². The van der Waals surface area contributed by atoms with Crippen LogP contribution in [0.1, 0.15) is 15.9 Å². The summed E-state index contributed by atoms with van der Waals surface area (Å²) in [5, 5.41) is 12.2. The quantitative estimate of drug-likeness (QED) is 0.401. The Morgan fingerprint density at radius 1 is 1.00 bits per heavy atom. The number of benzene rings is 1. The third-order valence-electron chi connectivity index (χ3n) is 5.30. The SMILES string of the molecule is COc1ccc(Cn2ncc3cc(C(=O)Nc4ccc(-n5cccn5)nc4)cnc32)c(OC)c1. The molecule has 0 radical (unpaired) electrons. The lowest BCUT2D eigenvalue weighted by Gasteiger charge is -2.11. The fourth-order valence-electron chi connectivity index (χ4n) is 3.56. The first-order valence-electron chi connectivity index (χ1n) is 10.4. The van der Waals surface area contributed by atoms with Gasteiger partial charge in [-0.05, 0) is 36.4 Å². The van der Waals surface area contributed by atoms with Crippen LogP contribution in [0.3, 0.4) is 0 Å². The van der Waals surface area contributed by atoms with E-state index >= 15 is 0 Å². The minimum Gasteiger partial charge on any atom is -0.497 e. The number of carbonyl (C=O) groups is 1. The molecule has 4 aromatic heterocycles. The Morgan fingerprint density at radius 2 is 1.91 bits per heavy atom. The molecular formula is C24H21N7O3. The van der Waals surface area contributed by atoms with Gasteiger partial charge in [-0.3, -0.25) is 4.79 Å². The highest BCUT2D eigenvalue weighted by Crippen LogP contribution is 2.26. The molecule has 0 spiro atoms. The molecule has 1 amide bonds. The van der Waals surface area contributed by atoms with Crippen LogP contribution < -0.4 is 14.8 Å². The van der Waals surface area contributed by atoms with Crippen LogP contribution in [0.2, 0.25) is 0 Å². The summed E-state index contributed by atoms with van der Waals surface area (Å²) in [4.78, 5) is 21.6. The number of rotatable bonds is 7. The van der Waals surface area contributed by atoms with E-state index in [1.165, 1.54) is 6.20 Å². The highest BCUT2D eigenvalue weighted by atomic mass is 16.5. The molecular weight excluding hydrogens is 434 g/mol. The van der Waals surface area contributed by atoms with Crippen LogP contribution in [-0.2, 0) is 6.54 Å². The van der Waals surface area contributed by atoms with Gasteiger partial charge >= 0.3 is 0 Å². The smallest absolute Gasteiger partial charge is 0.257 e. The molecule has 1 N–H and O–H groups in total. The van der Waals surface area contributed by atoms with E-state index in [0.29, 0.717) is 40.8 Å². The molecule has 34 heavy (non-hydrogen) atoms. The predicted octanol–water partition coefficient (Wildman–Crippen LogP) is 3.33. The van der Waals surface area contributed by atoms with Crippen molar-refractivity contribution in [1.29, 1.82) is 0 Å². The third-order valence-corrected chi connectivity index (χ3v) is 5.30. The zero-order valence-electron chi connectivity index (χ0n) is 18.5. The predicted molar refractivity (Wildman–Crippen MR) is 125 cm³/mol. The summed E-state index contributed by atoms with van der Waals surface area (Å²) in [7, 11) is 3.23. The van der Waals surface area contributed by atoms with E-state index < -0.39 is 0 Å². The first-order chi connectivity index (χ1) is 16.6. The van der Waals surface area contributed by atoms with Gasteiger partial charge in [-0.2, -0.15) is 10.2 Å². The maximum Gasteiger partial charge on any atom is 0.257 e. The topological polar surface area (TPSA) is 109 Å². The van der Waals surface area contributed by atoms with Crippen LogP contribution >= 0.6 is 0 Å². The molecule has 170 valence electrons. The summed E-state index contributed by atoms with van der Waals surface area (Å²) in [6.07, 6.45) is 8.28. The first kappa shape index (κ1) is 21.1. The molecule has 0 fully saturated rings. The van der Waals surface area contributed by atoms with E-state index in [-0.39, 0.29) is 5.91 Å². The number of fused-ring (bicyclic) bond motifs is 1. The molecule has 0 aliphatic heterocycles. The van der Waals surface area contributed by atoms with Gasteiger partial charge in [0.25, 0.3) is 5.91 Å². The summed E-state index contributed by atoms with van der Waals surface area (Å²) in [5.41, 5.74) is 2.59. The molecule has 0 bridgehead atoms. The Kier molecular flexibility index (Phi) is 5.61. The second-order valence-electron chi connectivity index (χ2n) is 7.43. The van der Waals surface area contributed by atoms with E-state index in [2.05, 4.69) is 25.5 Å². The molecule has 1 aromatic carbocycles. The Bertz CT molecular complexity index is 1440. The normalized spacial score (nSPS) is 10.9. The molecule has 0 aliphatic carbocycles. The largest absolute Gasteiger partial charge is 0.497 e. The van der Waals surface area contributed by atoms with E-state index in [9.17, 15) is 4.79 Å². The van der Waals surface area contributed by atoms with Crippen molar-refractivity contribution in [3.63, 3.8) is 0 Å². The Balaban J connectivity index is 1.33. The molecule has 5 aromatic rings. The standard InChI is InChI=1S/C24H21N7O3/c1-33-20-6-4-16(21(11-20)34-2)15-31-23-17(13-28-31)10-18(12-26-23)24(32)29-19-5-7-22(25-14-19)30-9-3-8-27-30/h3-14H,15H2,1-2H3,(H,29,32). The van der Waals surface area contributed by atoms with Crippen molar-refractivity contribution in [2.45, 2.75) is 6.54 Å². The number of anilines is 1. The number of ether oxygens (including phenoxy) is 2. The first-order valence-corrected chi connectivity index (χ1v) is 10.4. The van der Waals surface area contributed by atoms with Crippen molar-refractivity contribution in [3.05, 3.63) is 84.6 Å². The zero-order valence-corrected chi connectivity index (χ0v) is 18.5. The van der Waals surface area contributed by atoms with Gasteiger partial charge in [0, 0.05) is 35.6 Å². The number of carbonyl (C=O) groups excluding carboxylic acids is 1. The van der Waals surface area contributed by atoms with Crippen LogP contribution in [0, 0.1) is 0 Å². The fraction of sp³-hybridized carbons (Fsp3) is 0.125. The summed E-state index contributed by atoms with van der Waals surface area (Å²) >= 11 is 0. The average Bonchev–Trinajstić information content (AvgIpc) is 3.55. The number of methoxy groups -OCH3 is 2. The number of pyridine rings is 2. The monoisotopic (exact) mass is 455 g/mol. The Hall–Kier alpha value is -4.73. The van der Waals surface area contributed by atoms with E-state index in [1.54, 1.807) is 66.6 Å². The fourth-order valence-corrected chi connectivity index (χ4v) is 3.56. The van der Waals surface area contributed by atoms with Gasteiger partial charge in [-0.15, -0.1) is 0 Å². The lowest BCUT2D eigenvalue weighted by atomic mass is 10.2. The van der Waals surface area contributed by atoms with Crippen molar-refractivity contribution >= 4 is 22.6 Å². The number of nitrogens with one attached hydrogen (secondary N) is 1. The lowest BCUT2D eigenvalue weighted by molar-refractivity contribution is 0.102. The molecule has 0 saturated heterocycles. The van der Waals surface area contributed by atoms with E-state index in [1.807, 2.05) is 24.3 Å². The zero-order chi connectivity index (χ0) is 23.5. The number of hydrogen-bond donors (Lipinski definition) is 1. The van der Waals surface area contributed by atoms with Crippen LogP contribution in [0.25, 0.3) is 16.9 Å². The molecule has 0 unspecified atom stereocenters. The summed E-state index contributed by atoms with van der Waals surface area (Å²) in [5.74, 6) is 1.79. The van der Waals surface area contributed by atoms with Gasteiger partial charge in [-0.25, -0.2) is 19.3 Å². The molecule has 0 aliphatic rings. The molecule has 10 nitrogen and oxygen atoms in total. The summed E-state index contributed by atoms with van der Waals surface area (Å²) in [6.45, 7) is 0.462. The van der Waals surface area contributed by atoms with E-state index in [0.717, 1.165) is 10.9 Å². The van der Waals surface area contributed by atoms with E-state index in [4.69, 9.17) is 9.47 Å². The molecule has 0 saturated carbocycles.